The maximum absolute atomic E-state index is 12.7. The Bertz CT molecular complexity index is 960. The van der Waals surface area contributed by atoms with E-state index < -0.39 is 0 Å². The van der Waals surface area contributed by atoms with Crippen LogP contribution in [0.15, 0.2) is 60.7 Å². The van der Waals surface area contributed by atoms with Gasteiger partial charge in [-0.1, -0.05) is 54.6 Å². The lowest BCUT2D eigenvalue weighted by atomic mass is 10.2. The molecule has 0 aliphatic carbocycles. The molecule has 0 spiro atoms. The standard InChI is InChI=1S/C24H28N4OS/c1-26(18-23-25-21-11-5-6-12-22(21)30-23)24(29)19-28-16-14-27(15-17-28)13-7-10-20-8-3-2-4-9-20/h2-12H,13-19H2,1H3. The molecule has 0 bridgehead atoms. The Kier molecular flexibility index (Phi) is 6.89. The number of fused-ring (bicyclic) bond motifs is 1. The number of para-hydroxylation sites is 1. The van der Waals surface area contributed by atoms with Gasteiger partial charge in [-0.2, -0.15) is 0 Å². The molecule has 3 aromatic rings. The summed E-state index contributed by atoms with van der Waals surface area (Å²) in [6, 6.07) is 18.5. The molecule has 2 heterocycles. The van der Waals surface area contributed by atoms with Crippen LogP contribution in [0.1, 0.15) is 10.6 Å². The van der Waals surface area contributed by atoms with Crippen LogP contribution in [0.3, 0.4) is 0 Å². The second-order valence-corrected chi connectivity index (χ2v) is 8.83. The lowest BCUT2D eigenvalue weighted by Crippen LogP contribution is -2.49. The molecule has 0 radical (unpaired) electrons. The highest BCUT2D eigenvalue weighted by Crippen LogP contribution is 2.22. The first kappa shape index (κ1) is 20.7. The zero-order valence-corrected chi connectivity index (χ0v) is 18.2. The van der Waals surface area contributed by atoms with Crippen LogP contribution in [0.5, 0.6) is 0 Å². The van der Waals surface area contributed by atoms with Gasteiger partial charge in [0.25, 0.3) is 0 Å². The van der Waals surface area contributed by atoms with Gasteiger partial charge in [-0.25, -0.2) is 4.98 Å². The van der Waals surface area contributed by atoms with E-state index >= 15 is 0 Å². The molecule has 2 aromatic carbocycles. The SMILES string of the molecule is CN(Cc1nc2ccccc2s1)C(=O)CN1CCN(CC=Cc2ccccc2)CC1. The predicted molar refractivity (Wildman–Crippen MR) is 124 cm³/mol. The molecule has 4 rings (SSSR count). The summed E-state index contributed by atoms with van der Waals surface area (Å²) < 4.78 is 1.17. The van der Waals surface area contributed by atoms with E-state index in [1.807, 2.05) is 31.3 Å². The van der Waals surface area contributed by atoms with Crippen LogP contribution in [0, 0.1) is 0 Å². The van der Waals surface area contributed by atoms with Crippen molar-refractivity contribution in [3.8, 4) is 0 Å². The minimum absolute atomic E-state index is 0.159. The van der Waals surface area contributed by atoms with Crippen LogP contribution in [-0.2, 0) is 11.3 Å². The minimum atomic E-state index is 0.159. The molecule has 156 valence electrons. The number of benzene rings is 2. The topological polar surface area (TPSA) is 39.7 Å². The third-order valence-corrected chi connectivity index (χ3v) is 6.45. The number of hydrogen-bond acceptors (Lipinski definition) is 5. The molecule has 5 nitrogen and oxygen atoms in total. The summed E-state index contributed by atoms with van der Waals surface area (Å²) >= 11 is 1.66. The monoisotopic (exact) mass is 420 g/mol. The normalized spacial score (nSPS) is 15.8. The average molecular weight is 421 g/mol. The summed E-state index contributed by atoms with van der Waals surface area (Å²) in [5.74, 6) is 0.159. The maximum atomic E-state index is 12.7. The van der Waals surface area contributed by atoms with Crippen LogP contribution in [0.4, 0.5) is 0 Å². The van der Waals surface area contributed by atoms with Crippen molar-refractivity contribution >= 4 is 33.5 Å². The highest BCUT2D eigenvalue weighted by atomic mass is 32.1. The fourth-order valence-electron chi connectivity index (χ4n) is 3.62. The highest BCUT2D eigenvalue weighted by molar-refractivity contribution is 7.18. The van der Waals surface area contributed by atoms with Crippen LogP contribution in [0.2, 0.25) is 0 Å². The Balaban J connectivity index is 1.20. The van der Waals surface area contributed by atoms with Crippen LogP contribution < -0.4 is 0 Å². The van der Waals surface area contributed by atoms with Gasteiger partial charge in [-0.15, -0.1) is 11.3 Å². The summed E-state index contributed by atoms with van der Waals surface area (Å²) in [6.07, 6.45) is 4.40. The quantitative estimate of drug-likeness (QED) is 0.586. The first-order valence-electron chi connectivity index (χ1n) is 10.4. The van der Waals surface area contributed by atoms with E-state index in [1.165, 1.54) is 10.3 Å². The molecule has 0 saturated carbocycles. The largest absolute Gasteiger partial charge is 0.338 e. The summed E-state index contributed by atoms with van der Waals surface area (Å²) in [4.78, 5) is 23.8. The van der Waals surface area contributed by atoms with E-state index in [9.17, 15) is 4.79 Å². The second kappa shape index (κ2) is 9.98. The van der Waals surface area contributed by atoms with Gasteiger partial charge in [0.05, 0.1) is 23.3 Å². The number of likely N-dealkylation sites (N-methyl/N-ethyl adjacent to an activating group) is 1. The third-order valence-electron chi connectivity index (χ3n) is 5.43. The average Bonchev–Trinajstić information content (AvgIpc) is 3.18. The van der Waals surface area contributed by atoms with Crippen molar-refractivity contribution in [3.63, 3.8) is 0 Å². The van der Waals surface area contributed by atoms with Crippen molar-refractivity contribution in [2.75, 3.05) is 46.3 Å². The smallest absolute Gasteiger partial charge is 0.236 e. The molecule has 1 saturated heterocycles. The lowest BCUT2D eigenvalue weighted by molar-refractivity contribution is -0.132. The van der Waals surface area contributed by atoms with Crippen molar-refractivity contribution in [3.05, 3.63) is 71.2 Å². The molecule has 0 atom stereocenters. The van der Waals surface area contributed by atoms with E-state index in [-0.39, 0.29) is 5.91 Å². The van der Waals surface area contributed by atoms with Gasteiger partial charge in [0, 0.05) is 39.8 Å². The maximum Gasteiger partial charge on any atom is 0.236 e. The number of thiazole rings is 1. The summed E-state index contributed by atoms with van der Waals surface area (Å²) in [7, 11) is 1.87. The zero-order valence-electron chi connectivity index (χ0n) is 17.4. The van der Waals surface area contributed by atoms with E-state index in [0.717, 1.165) is 43.2 Å². The zero-order chi connectivity index (χ0) is 20.8. The fourth-order valence-corrected chi connectivity index (χ4v) is 4.64. The molecule has 1 amide bonds. The van der Waals surface area contributed by atoms with Crippen molar-refractivity contribution in [2.45, 2.75) is 6.54 Å². The van der Waals surface area contributed by atoms with Gasteiger partial charge in [-0.05, 0) is 17.7 Å². The number of aromatic nitrogens is 1. The first-order chi connectivity index (χ1) is 14.7. The first-order valence-corrected chi connectivity index (χ1v) is 11.2. The van der Waals surface area contributed by atoms with Gasteiger partial charge in [0.2, 0.25) is 5.91 Å². The Hall–Kier alpha value is -2.54. The van der Waals surface area contributed by atoms with Crippen LogP contribution >= 0.6 is 11.3 Å². The number of nitrogens with zero attached hydrogens (tertiary/aromatic N) is 4. The number of carbonyl (C=O) groups is 1. The summed E-state index contributed by atoms with van der Waals surface area (Å²) in [5, 5.41) is 0.988. The summed E-state index contributed by atoms with van der Waals surface area (Å²) in [5.41, 5.74) is 2.24. The molecule has 0 unspecified atom stereocenters. The molecule has 1 aliphatic rings. The van der Waals surface area contributed by atoms with Gasteiger partial charge >= 0.3 is 0 Å². The molecule has 1 aromatic heterocycles. The number of amides is 1. The molecular formula is C24H28N4OS. The van der Waals surface area contributed by atoms with E-state index in [2.05, 4.69) is 57.3 Å². The number of carbonyl (C=O) groups excluding carboxylic acids is 1. The Morgan fingerprint density at radius 1 is 1.03 bits per heavy atom. The minimum Gasteiger partial charge on any atom is -0.338 e. The Labute approximate surface area is 182 Å². The van der Waals surface area contributed by atoms with Crippen molar-refractivity contribution < 1.29 is 4.79 Å². The fraction of sp³-hybridized carbons (Fsp3) is 0.333. The van der Waals surface area contributed by atoms with E-state index in [4.69, 9.17) is 0 Å². The van der Waals surface area contributed by atoms with Crippen molar-refractivity contribution in [1.82, 2.24) is 19.7 Å². The van der Waals surface area contributed by atoms with Gasteiger partial charge in [-0.3, -0.25) is 14.6 Å². The van der Waals surface area contributed by atoms with Gasteiger partial charge < -0.3 is 4.90 Å². The number of piperazine rings is 1. The highest BCUT2D eigenvalue weighted by Gasteiger charge is 2.20. The molecule has 30 heavy (non-hydrogen) atoms. The lowest BCUT2D eigenvalue weighted by Gasteiger charge is -2.34. The van der Waals surface area contributed by atoms with E-state index in [0.29, 0.717) is 13.1 Å². The molecule has 1 aliphatic heterocycles. The summed E-state index contributed by atoms with van der Waals surface area (Å²) in [6.45, 7) is 5.85. The molecule has 1 fully saturated rings. The van der Waals surface area contributed by atoms with E-state index in [1.54, 1.807) is 16.2 Å². The molecule has 6 heteroatoms. The molecular weight excluding hydrogens is 392 g/mol. The Morgan fingerprint density at radius 2 is 1.73 bits per heavy atom. The predicted octanol–water partition coefficient (Wildman–Crippen LogP) is 3.59. The van der Waals surface area contributed by atoms with Crippen LogP contribution in [0.25, 0.3) is 16.3 Å². The number of hydrogen-bond donors (Lipinski definition) is 0. The second-order valence-electron chi connectivity index (χ2n) is 7.71. The van der Waals surface area contributed by atoms with Crippen molar-refractivity contribution in [1.29, 1.82) is 0 Å². The molecule has 0 N–H and O–H groups in total. The van der Waals surface area contributed by atoms with Crippen LogP contribution in [-0.4, -0.2) is 71.9 Å². The Morgan fingerprint density at radius 3 is 2.50 bits per heavy atom. The van der Waals surface area contributed by atoms with Gasteiger partial charge in [0.1, 0.15) is 5.01 Å². The third kappa shape index (κ3) is 5.53. The number of rotatable bonds is 7. The van der Waals surface area contributed by atoms with Gasteiger partial charge in [0.15, 0.2) is 0 Å². The van der Waals surface area contributed by atoms with Crippen molar-refractivity contribution in [2.24, 2.45) is 0 Å².